The summed E-state index contributed by atoms with van der Waals surface area (Å²) in [7, 11) is 0. The van der Waals surface area contributed by atoms with Crippen LogP contribution in [0.5, 0.6) is 0 Å². The largest absolute Gasteiger partial charge is 0.395 e. The molecule has 0 aliphatic heterocycles. The number of aliphatic hydroxyl groups excluding tert-OH is 1. The lowest BCUT2D eigenvalue weighted by atomic mass is 10.00. The van der Waals surface area contributed by atoms with E-state index in [1.165, 1.54) is 16.7 Å². The van der Waals surface area contributed by atoms with Crippen molar-refractivity contribution in [1.82, 2.24) is 0 Å². The monoisotopic (exact) mass is 277 g/mol. The first kappa shape index (κ1) is 15.7. The summed E-state index contributed by atoms with van der Waals surface area (Å²) in [4.78, 5) is 0. The normalized spacial score (nSPS) is 11.7. The van der Waals surface area contributed by atoms with E-state index in [1.807, 2.05) is 0 Å². The van der Waals surface area contributed by atoms with Gasteiger partial charge in [-0.1, -0.05) is 54.1 Å². The maximum Gasteiger partial charge on any atom is 0.0585 e. The summed E-state index contributed by atoms with van der Waals surface area (Å²) in [6.45, 7) is 2.12. The molecule has 1 unspecified atom stereocenters. The summed E-state index contributed by atoms with van der Waals surface area (Å²) >= 11 is 0. The summed E-state index contributed by atoms with van der Waals surface area (Å²) in [6, 6.07) is 16.6. The minimum absolute atomic E-state index is 0. The smallest absolute Gasteiger partial charge is 0.0585 e. The number of rotatable bonds is 4. The molecule has 2 aromatic carbocycles. The first-order valence-corrected chi connectivity index (χ1v) is 6.21. The highest BCUT2D eigenvalue weighted by atomic mass is 35.5. The number of hydrogen-bond acceptors (Lipinski definition) is 2. The van der Waals surface area contributed by atoms with Crippen molar-refractivity contribution < 1.29 is 5.11 Å². The highest BCUT2D eigenvalue weighted by Crippen LogP contribution is 2.21. The molecule has 2 aromatic rings. The van der Waals surface area contributed by atoms with E-state index in [0.29, 0.717) is 6.42 Å². The Morgan fingerprint density at radius 2 is 1.74 bits per heavy atom. The number of aliphatic hydroxyl groups is 1. The SMILES string of the molecule is Cc1cccc(-c2ccc(CC(N)CO)cc2)c1.Cl. The molecular weight excluding hydrogens is 258 g/mol. The molecule has 102 valence electrons. The summed E-state index contributed by atoms with van der Waals surface area (Å²) in [5, 5.41) is 8.93. The van der Waals surface area contributed by atoms with Crippen molar-refractivity contribution in [2.75, 3.05) is 6.61 Å². The molecule has 0 aliphatic rings. The molecule has 0 heterocycles. The average Bonchev–Trinajstić information content (AvgIpc) is 2.39. The van der Waals surface area contributed by atoms with Gasteiger partial charge in [-0.25, -0.2) is 0 Å². The van der Waals surface area contributed by atoms with E-state index in [0.717, 1.165) is 5.56 Å². The van der Waals surface area contributed by atoms with Gasteiger partial charge >= 0.3 is 0 Å². The van der Waals surface area contributed by atoms with Gasteiger partial charge < -0.3 is 10.8 Å². The van der Waals surface area contributed by atoms with Crippen molar-refractivity contribution in [3.05, 3.63) is 59.7 Å². The van der Waals surface area contributed by atoms with Crippen molar-refractivity contribution in [3.8, 4) is 11.1 Å². The van der Waals surface area contributed by atoms with Gasteiger partial charge in [-0.3, -0.25) is 0 Å². The van der Waals surface area contributed by atoms with Crippen LogP contribution < -0.4 is 5.73 Å². The van der Waals surface area contributed by atoms with Crippen molar-refractivity contribution in [1.29, 1.82) is 0 Å². The van der Waals surface area contributed by atoms with Crippen molar-refractivity contribution in [3.63, 3.8) is 0 Å². The summed E-state index contributed by atoms with van der Waals surface area (Å²) < 4.78 is 0. The minimum Gasteiger partial charge on any atom is -0.395 e. The van der Waals surface area contributed by atoms with Crippen LogP contribution in [-0.2, 0) is 6.42 Å². The number of nitrogens with two attached hydrogens (primary N) is 1. The van der Waals surface area contributed by atoms with Crippen LogP contribution in [0.4, 0.5) is 0 Å². The summed E-state index contributed by atoms with van der Waals surface area (Å²) in [5.41, 5.74) is 10.6. The zero-order chi connectivity index (χ0) is 13.0. The zero-order valence-corrected chi connectivity index (χ0v) is 11.9. The Bertz CT molecular complexity index is 510. The molecule has 3 heteroatoms. The van der Waals surface area contributed by atoms with Crippen molar-refractivity contribution in [2.24, 2.45) is 5.73 Å². The molecule has 0 aliphatic carbocycles. The molecule has 3 N–H and O–H groups in total. The fourth-order valence-corrected chi connectivity index (χ4v) is 2.03. The standard InChI is InChI=1S/C16H19NO.ClH/c1-12-3-2-4-15(9-12)14-7-5-13(6-8-14)10-16(17)11-18;/h2-9,16,18H,10-11,17H2,1H3;1H. The maximum absolute atomic E-state index is 8.93. The van der Waals surface area contributed by atoms with Gasteiger partial charge in [-0.2, -0.15) is 0 Å². The number of benzene rings is 2. The van der Waals surface area contributed by atoms with E-state index >= 15 is 0 Å². The van der Waals surface area contributed by atoms with Crippen LogP contribution in [0.15, 0.2) is 48.5 Å². The van der Waals surface area contributed by atoms with E-state index in [1.54, 1.807) is 0 Å². The molecular formula is C16H20ClNO. The van der Waals surface area contributed by atoms with E-state index in [9.17, 15) is 0 Å². The average molecular weight is 278 g/mol. The van der Waals surface area contributed by atoms with Gasteiger partial charge in [0.1, 0.15) is 0 Å². The van der Waals surface area contributed by atoms with Crippen LogP contribution in [0, 0.1) is 6.92 Å². The van der Waals surface area contributed by atoms with E-state index in [-0.39, 0.29) is 25.1 Å². The second-order valence-electron chi connectivity index (χ2n) is 4.71. The third-order valence-electron chi connectivity index (χ3n) is 3.04. The Morgan fingerprint density at radius 3 is 2.32 bits per heavy atom. The van der Waals surface area contributed by atoms with Gasteiger partial charge in [0.15, 0.2) is 0 Å². The van der Waals surface area contributed by atoms with Crippen LogP contribution >= 0.6 is 12.4 Å². The Hall–Kier alpha value is -1.35. The highest BCUT2D eigenvalue weighted by molar-refractivity contribution is 5.85. The van der Waals surface area contributed by atoms with Gasteiger partial charge in [0.25, 0.3) is 0 Å². The molecule has 0 amide bonds. The first-order valence-electron chi connectivity index (χ1n) is 6.21. The highest BCUT2D eigenvalue weighted by Gasteiger charge is 2.03. The van der Waals surface area contributed by atoms with E-state index in [4.69, 9.17) is 10.8 Å². The lowest BCUT2D eigenvalue weighted by Gasteiger charge is -2.09. The van der Waals surface area contributed by atoms with Crippen LogP contribution in [0.1, 0.15) is 11.1 Å². The van der Waals surface area contributed by atoms with E-state index in [2.05, 4.69) is 55.5 Å². The third-order valence-corrected chi connectivity index (χ3v) is 3.04. The quantitative estimate of drug-likeness (QED) is 0.903. The van der Waals surface area contributed by atoms with Crippen LogP contribution in [0.2, 0.25) is 0 Å². The van der Waals surface area contributed by atoms with E-state index < -0.39 is 0 Å². The second-order valence-corrected chi connectivity index (χ2v) is 4.71. The van der Waals surface area contributed by atoms with Gasteiger partial charge in [-0.05, 0) is 30.0 Å². The number of hydrogen-bond donors (Lipinski definition) is 2. The first-order chi connectivity index (χ1) is 8.69. The fourth-order valence-electron chi connectivity index (χ4n) is 2.03. The molecule has 0 radical (unpaired) electrons. The van der Waals surface area contributed by atoms with Crippen molar-refractivity contribution in [2.45, 2.75) is 19.4 Å². The summed E-state index contributed by atoms with van der Waals surface area (Å²) in [5.74, 6) is 0. The molecule has 2 rings (SSSR count). The van der Waals surface area contributed by atoms with Gasteiger partial charge in [0.2, 0.25) is 0 Å². The Labute approximate surface area is 120 Å². The predicted octanol–water partition coefficient (Wildman–Crippen LogP) is 2.95. The molecule has 2 nitrogen and oxygen atoms in total. The lowest BCUT2D eigenvalue weighted by Crippen LogP contribution is -2.26. The molecule has 0 saturated carbocycles. The third kappa shape index (κ3) is 4.35. The maximum atomic E-state index is 8.93. The van der Waals surface area contributed by atoms with Crippen LogP contribution in [-0.4, -0.2) is 17.8 Å². The fraction of sp³-hybridized carbons (Fsp3) is 0.250. The molecule has 1 atom stereocenters. The topological polar surface area (TPSA) is 46.2 Å². The van der Waals surface area contributed by atoms with Gasteiger partial charge in [0, 0.05) is 6.04 Å². The molecule has 0 fully saturated rings. The lowest BCUT2D eigenvalue weighted by molar-refractivity contribution is 0.265. The molecule has 0 spiro atoms. The zero-order valence-electron chi connectivity index (χ0n) is 11.0. The molecule has 0 aromatic heterocycles. The predicted molar refractivity (Wildman–Crippen MR) is 82.6 cm³/mol. The number of halogens is 1. The molecule has 19 heavy (non-hydrogen) atoms. The number of aryl methyl sites for hydroxylation is 1. The summed E-state index contributed by atoms with van der Waals surface area (Å²) in [6.07, 6.45) is 0.713. The van der Waals surface area contributed by atoms with Crippen LogP contribution in [0.25, 0.3) is 11.1 Å². The molecule has 0 saturated heterocycles. The molecule has 0 bridgehead atoms. The Morgan fingerprint density at radius 1 is 1.05 bits per heavy atom. The van der Waals surface area contributed by atoms with Crippen molar-refractivity contribution >= 4 is 12.4 Å². The Kier molecular flexibility index (Phi) is 6.03. The van der Waals surface area contributed by atoms with Crippen LogP contribution in [0.3, 0.4) is 0 Å². The second kappa shape index (κ2) is 7.29. The van der Waals surface area contributed by atoms with Gasteiger partial charge in [0.05, 0.1) is 6.61 Å². The minimum atomic E-state index is -0.171. The van der Waals surface area contributed by atoms with Gasteiger partial charge in [-0.15, -0.1) is 12.4 Å². The Balaban J connectivity index is 0.00000180.